The zero-order chi connectivity index (χ0) is 18.1. The van der Waals surface area contributed by atoms with Gasteiger partial charge in [0, 0.05) is 5.69 Å². The van der Waals surface area contributed by atoms with Gasteiger partial charge in [-0.2, -0.15) is 0 Å². The van der Waals surface area contributed by atoms with Gasteiger partial charge in [-0.25, -0.2) is 9.69 Å². The van der Waals surface area contributed by atoms with Gasteiger partial charge >= 0.3 is 5.97 Å². The number of nitrogens with zero attached hydrogens (tertiary/aromatic N) is 1. The number of aromatic carboxylic acids is 1. The molecule has 2 aromatic carbocycles. The monoisotopic (exact) mass is 338 g/mol. The van der Waals surface area contributed by atoms with E-state index in [1.807, 2.05) is 31.2 Å². The van der Waals surface area contributed by atoms with E-state index in [1.54, 1.807) is 13.0 Å². The molecule has 0 aliphatic carbocycles. The molecule has 0 aromatic heterocycles. The largest absolute Gasteiger partial charge is 0.478 e. The summed E-state index contributed by atoms with van der Waals surface area (Å²) in [6.45, 7) is 3.70. The lowest BCUT2D eigenvalue weighted by molar-refractivity contribution is -0.121. The number of hydrogen-bond donors (Lipinski definition) is 2. The van der Waals surface area contributed by atoms with Crippen LogP contribution in [0.5, 0.6) is 0 Å². The maximum absolute atomic E-state index is 12.7. The first kappa shape index (κ1) is 16.7. The summed E-state index contributed by atoms with van der Waals surface area (Å²) in [5, 5.41) is 12.2. The topological polar surface area (TPSA) is 86.7 Å². The number of benzene rings is 2. The Morgan fingerprint density at radius 1 is 1.12 bits per heavy atom. The van der Waals surface area contributed by atoms with Crippen molar-refractivity contribution in [3.05, 3.63) is 59.2 Å². The highest BCUT2D eigenvalue weighted by atomic mass is 16.4. The fraction of sp³-hybridized carbons (Fsp3) is 0.211. The van der Waals surface area contributed by atoms with Crippen molar-refractivity contribution in [2.24, 2.45) is 0 Å². The Morgan fingerprint density at radius 3 is 2.44 bits per heavy atom. The minimum atomic E-state index is -1.10. The van der Waals surface area contributed by atoms with Gasteiger partial charge in [-0.05, 0) is 43.7 Å². The molecule has 0 radical (unpaired) electrons. The number of carbonyl (C=O) groups is 3. The number of carboxylic acid groups (broad SMARTS) is 1. The molecule has 3 rings (SSSR count). The van der Waals surface area contributed by atoms with Crippen LogP contribution in [0.15, 0.2) is 42.5 Å². The zero-order valence-electron chi connectivity index (χ0n) is 13.9. The number of carbonyl (C=O) groups excluding carboxylic acids is 2. The molecule has 1 saturated heterocycles. The van der Waals surface area contributed by atoms with Crippen molar-refractivity contribution >= 4 is 29.2 Å². The molecule has 128 valence electrons. The molecule has 1 fully saturated rings. The molecule has 0 bridgehead atoms. The average Bonchev–Trinajstić information content (AvgIpc) is 2.84. The minimum absolute atomic E-state index is 0.0312. The Bertz CT molecular complexity index is 858. The summed E-state index contributed by atoms with van der Waals surface area (Å²) in [6.07, 6.45) is 0.0312. The molecule has 0 spiro atoms. The van der Waals surface area contributed by atoms with Gasteiger partial charge in [0.2, 0.25) is 5.91 Å². The van der Waals surface area contributed by atoms with E-state index in [0.29, 0.717) is 11.3 Å². The summed E-state index contributed by atoms with van der Waals surface area (Å²) in [4.78, 5) is 37.4. The molecule has 0 saturated carbocycles. The lowest BCUT2D eigenvalue weighted by atomic mass is 10.1. The first-order valence-corrected chi connectivity index (χ1v) is 7.91. The lowest BCUT2D eigenvalue weighted by Crippen LogP contribution is -2.35. The number of carboxylic acids is 1. The second kappa shape index (κ2) is 6.39. The Labute approximate surface area is 145 Å². The number of nitrogens with one attached hydrogen (secondary N) is 1. The normalized spacial score (nSPS) is 17.0. The van der Waals surface area contributed by atoms with Gasteiger partial charge in [0.25, 0.3) is 5.91 Å². The molecule has 1 heterocycles. The molecule has 1 atom stereocenters. The van der Waals surface area contributed by atoms with Crippen molar-refractivity contribution in [2.75, 3.05) is 10.2 Å². The van der Waals surface area contributed by atoms with Crippen LogP contribution in [0.3, 0.4) is 0 Å². The Balaban J connectivity index is 1.88. The van der Waals surface area contributed by atoms with Crippen LogP contribution in [0.1, 0.15) is 27.9 Å². The number of anilines is 2. The van der Waals surface area contributed by atoms with E-state index in [0.717, 1.165) is 16.2 Å². The highest BCUT2D eigenvalue weighted by Crippen LogP contribution is 2.28. The number of rotatable bonds is 4. The van der Waals surface area contributed by atoms with E-state index in [4.69, 9.17) is 5.11 Å². The van der Waals surface area contributed by atoms with Gasteiger partial charge in [-0.3, -0.25) is 9.59 Å². The van der Waals surface area contributed by atoms with E-state index >= 15 is 0 Å². The van der Waals surface area contributed by atoms with Crippen LogP contribution in [0.2, 0.25) is 0 Å². The maximum Gasteiger partial charge on any atom is 0.335 e. The molecule has 1 aliphatic heterocycles. The highest BCUT2D eigenvalue weighted by Gasteiger charge is 2.40. The third-order valence-electron chi connectivity index (χ3n) is 4.24. The summed E-state index contributed by atoms with van der Waals surface area (Å²) in [7, 11) is 0. The molecular weight excluding hydrogens is 320 g/mol. The van der Waals surface area contributed by atoms with Gasteiger partial charge in [0.05, 0.1) is 17.7 Å². The molecule has 0 unspecified atom stereocenters. The summed E-state index contributed by atoms with van der Waals surface area (Å²) in [5.74, 6) is -1.83. The first-order chi connectivity index (χ1) is 11.9. The van der Waals surface area contributed by atoms with E-state index in [9.17, 15) is 14.4 Å². The number of aryl methyl sites for hydroxylation is 2. The van der Waals surface area contributed by atoms with Crippen molar-refractivity contribution in [1.29, 1.82) is 0 Å². The Morgan fingerprint density at radius 2 is 1.80 bits per heavy atom. The molecule has 2 N–H and O–H groups in total. The van der Waals surface area contributed by atoms with Crippen LogP contribution in [0.25, 0.3) is 0 Å². The summed E-state index contributed by atoms with van der Waals surface area (Å²) in [5.41, 5.74) is 2.89. The number of imide groups is 1. The molecule has 6 nitrogen and oxygen atoms in total. The van der Waals surface area contributed by atoms with Crippen LogP contribution >= 0.6 is 0 Å². The van der Waals surface area contributed by atoms with Crippen molar-refractivity contribution < 1.29 is 19.5 Å². The van der Waals surface area contributed by atoms with Gasteiger partial charge in [-0.15, -0.1) is 0 Å². The first-order valence-electron chi connectivity index (χ1n) is 7.91. The van der Waals surface area contributed by atoms with Crippen molar-refractivity contribution in [1.82, 2.24) is 0 Å². The molecule has 2 aromatic rings. The predicted octanol–water partition coefficient (Wildman–Crippen LogP) is 2.75. The SMILES string of the molecule is Cc1ccc(N[C@H]2CC(=O)N(c3cc(C(=O)O)ccc3C)C2=O)cc1. The van der Waals surface area contributed by atoms with Gasteiger partial charge in [0.15, 0.2) is 0 Å². The summed E-state index contributed by atoms with van der Waals surface area (Å²) < 4.78 is 0. The fourth-order valence-electron chi connectivity index (χ4n) is 2.83. The van der Waals surface area contributed by atoms with Crippen LogP contribution in [0.4, 0.5) is 11.4 Å². The van der Waals surface area contributed by atoms with Crippen LogP contribution in [-0.2, 0) is 9.59 Å². The maximum atomic E-state index is 12.7. The second-order valence-electron chi connectivity index (χ2n) is 6.14. The van der Waals surface area contributed by atoms with Gasteiger partial charge in [-0.1, -0.05) is 23.8 Å². The Hall–Kier alpha value is -3.15. The standard InChI is InChI=1S/C19H18N2O4/c1-11-3-7-14(8-4-11)20-15-10-17(22)21(18(15)23)16-9-13(19(24)25)6-5-12(16)2/h3-9,15,20H,10H2,1-2H3,(H,24,25)/t15-/m0/s1. The van der Waals surface area contributed by atoms with Gasteiger partial charge < -0.3 is 10.4 Å². The zero-order valence-corrected chi connectivity index (χ0v) is 13.9. The number of amides is 2. The molecule has 6 heteroatoms. The molecular formula is C19H18N2O4. The van der Waals surface area contributed by atoms with E-state index in [-0.39, 0.29) is 23.8 Å². The highest BCUT2D eigenvalue weighted by molar-refractivity contribution is 6.23. The van der Waals surface area contributed by atoms with Crippen LogP contribution in [-0.4, -0.2) is 28.9 Å². The van der Waals surface area contributed by atoms with E-state index < -0.39 is 12.0 Å². The molecule has 2 amide bonds. The predicted molar refractivity (Wildman–Crippen MR) is 93.8 cm³/mol. The van der Waals surface area contributed by atoms with E-state index in [2.05, 4.69) is 5.32 Å². The summed E-state index contributed by atoms with van der Waals surface area (Å²) >= 11 is 0. The third-order valence-corrected chi connectivity index (χ3v) is 4.24. The summed E-state index contributed by atoms with van der Waals surface area (Å²) in [6, 6.07) is 11.3. The van der Waals surface area contributed by atoms with Crippen molar-refractivity contribution in [2.45, 2.75) is 26.3 Å². The second-order valence-corrected chi connectivity index (χ2v) is 6.14. The Kier molecular flexibility index (Phi) is 4.27. The van der Waals surface area contributed by atoms with Crippen molar-refractivity contribution in [3.8, 4) is 0 Å². The third kappa shape index (κ3) is 3.24. The van der Waals surface area contributed by atoms with Crippen LogP contribution in [0, 0.1) is 13.8 Å². The molecule has 1 aliphatic rings. The van der Waals surface area contributed by atoms with Crippen molar-refractivity contribution in [3.63, 3.8) is 0 Å². The minimum Gasteiger partial charge on any atom is -0.478 e. The lowest BCUT2D eigenvalue weighted by Gasteiger charge is -2.18. The smallest absolute Gasteiger partial charge is 0.335 e. The average molecular weight is 338 g/mol. The molecule has 25 heavy (non-hydrogen) atoms. The quantitative estimate of drug-likeness (QED) is 0.837. The number of hydrogen-bond acceptors (Lipinski definition) is 4. The van der Waals surface area contributed by atoms with Crippen LogP contribution < -0.4 is 10.2 Å². The van der Waals surface area contributed by atoms with Gasteiger partial charge in [0.1, 0.15) is 6.04 Å². The fourth-order valence-corrected chi connectivity index (χ4v) is 2.83. The van der Waals surface area contributed by atoms with E-state index in [1.165, 1.54) is 12.1 Å².